The van der Waals surface area contributed by atoms with Crippen molar-refractivity contribution in [3.8, 4) is 11.8 Å². The summed E-state index contributed by atoms with van der Waals surface area (Å²) < 4.78 is 5.33. The van der Waals surface area contributed by atoms with Gasteiger partial charge in [-0.1, -0.05) is 17.9 Å². The maximum Gasteiger partial charge on any atom is 0.123 e. The van der Waals surface area contributed by atoms with E-state index in [1.54, 1.807) is 7.11 Å². The summed E-state index contributed by atoms with van der Waals surface area (Å²) in [4.78, 5) is 0. The van der Waals surface area contributed by atoms with Crippen LogP contribution >= 0.6 is 0 Å². The predicted molar refractivity (Wildman–Crippen MR) is 73.4 cm³/mol. The molecule has 1 nitrogen and oxygen atoms in total. The number of ether oxygens (including phenoxy) is 1. The van der Waals surface area contributed by atoms with Gasteiger partial charge in [0.25, 0.3) is 0 Å². The molecule has 0 saturated carbocycles. The minimum atomic E-state index is -0.392. The zero-order chi connectivity index (χ0) is 13.2. The lowest BCUT2D eigenvalue weighted by Crippen LogP contribution is -2.19. The van der Waals surface area contributed by atoms with Crippen LogP contribution in [0, 0.1) is 39.5 Å². The van der Waals surface area contributed by atoms with Crippen LogP contribution in [-0.2, 0) is 4.74 Å². The molecule has 0 radical (unpaired) electrons. The van der Waals surface area contributed by atoms with Crippen LogP contribution in [-0.4, -0.2) is 12.7 Å². The van der Waals surface area contributed by atoms with Crippen LogP contribution < -0.4 is 0 Å². The first-order valence-electron chi connectivity index (χ1n) is 5.94. The van der Waals surface area contributed by atoms with Gasteiger partial charge in [-0.15, -0.1) is 0 Å². The summed E-state index contributed by atoms with van der Waals surface area (Å²) in [5.74, 6) is 6.47. The fourth-order valence-corrected chi connectivity index (χ4v) is 1.67. The van der Waals surface area contributed by atoms with Gasteiger partial charge >= 0.3 is 0 Å². The predicted octanol–water partition coefficient (Wildman–Crippen LogP) is 3.70. The SMILES string of the molecule is COC(C)(C)C#Cc1c(C)c(C)cc(C)c1C. The molecule has 0 heterocycles. The van der Waals surface area contributed by atoms with Gasteiger partial charge in [-0.3, -0.25) is 0 Å². The minimum absolute atomic E-state index is 0.392. The number of benzene rings is 1. The quantitative estimate of drug-likeness (QED) is 0.668. The summed E-state index contributed by atoms with van der Waals surface area (Å²) in [6, 6.07) is 2.22. The van der Waals surface area contributed by atoms with Crippen molar-refractivity contribution in [2.75, 3.05) is 7.11 Å². The molecule has 0 fully saturated rings. The van der Waals surface area contributed by atoms with Crippen molar-refractivity contribution in [1.29, 1.82) is 0 Å². The molecular formula is C16H22O. The standard InChI is InChI=1S/C16H22O/c1-11-10-12(2)14(4)15(13(11)3)8-9-16(5,6)17-7/h10H,1-7H3. The second kappa shape index (κ2) is 4.94. The van der Waals surface area contributed by atoms with Gasteiger partial charge in [0.05, 0.1) is 0 Å². The third-order valence-corrected chi connectivity index (χ3v) is 3.36. The summed E-state index contributed by atoms with van der Waals surface area (Å²) in [5, 5.41) is 0. The minimum Gasteiger partial charge on any atom is -0.366 e. The van der Waals surface area contributed by atoms with Gasteiger partial charge in [0.1, 0.15) is 5.60 Å². The van der Waals surface area contributed by atoms with E-state index in [9.17, 15) is 0 Å². The molecule has 17 heavy (non-hydrogen) atoms. The van der Waals surface area contributed by atoms with Crippen LogP contribution in [0.3, 0.4) is 0 Å². The van der Waals surface area contributed by atoms with E-state index in [4.69, 9.17) is 4.74 Å². The van der Waals surface area contributed by atoms with Gasteiger partial charge in [-0.25, -0.2) is 0 Å². The molecule has 0 aliphatic heterocycles. The van der Waals surface area contributed by atoms with Gasteiger partial charge in [0.2, 0.25) is 0 Å². The summed E-state index contributed by atoms with van der Waals surface area (Å²) >= 11 is 0. The summed E-state index contributed by atoms with van der Waals surface area (Å²) in [5.41, 5.74) is 5.89. The largest absolute Gasteiger partial charge is 0.366 e. The van der Waals surface area contributed by atoms with E-state index in [-0.39, 0.29) is 0 Å². The second-order valence-corrected chi connectivity index (χ2v) is 5.10. The van der Waals surface area contributed by atoms with Crippen molar-refractivity contribution in [3.05, 3.63) is 33.9 Å². The van der Waals surface area contributed by atoms with Crippen LogP contribution in [0.1, 0.15) is 41.7 Å². The maximum atomic E-state index is 5.33. The first kappa shape index (κ1) is 13.8. The van der Waals surface area contributed by atoms with Crippen molar-refractivity contribution in [1.82, 2.24) is 0 Å². The normalized spacial score (nSPS) is 11.0. The number of rotatable bonds is 1. The molecule has 0 saturated heterocycles. The zero-order valence-corrected chi connectivity index (χ0v) is 12.0. The first-order valence-corrected chi connectivity index (χ1v) is 5.94. The summed E-state index contributed by atoms with van der Waals surface area (Å²) in [6.45, 7) is 12.5. The molecule has 0 bridgehead atoms. The Labute approximate surface area is 105 Å². The summed E-state index contributed by atoms with van der Waals surface area (Å²) in [6.07, 6.45) is 0. The van der Waals surface area contributed by atoms with Crippen LogP contribution in [0.2, 0.25) is 0 Å². The maximum absolute atomic E-state index is 5.33. The first-order chi connectivity index (χ1) is 7.78. The van der Waals surface area contributed by atoms with E-state index in [0.717, 1.165) is 5.56 Å². The molecule has 1 aromatic rings. The fraction of sp³-hybridized carbons (Fsp3) is 0.500. The van der Waals surface area contributed by atoms with Crippen molar-refractivity contribution in [2.45, 2.75) is 47.1 Å². The molecular weight excluding hydrogens is 208 g/mol. The molecule has 1 aromatic carbocycles. The lowest BCUT2D eigenvalue weighted by Gasteiger charge is -2.15. The Kier molecular flexibility index (Phi) is 4.01. The summed E-state index contributed by atoms with van der Waals surface area (Å²) in [7, 11) is 1.69. The van der Waals surface area contributed by atoms with E-state index in [1.807, 2.05) is 13.8 Å². The monoisotopic (exact) mass is 230 g/mol. The van der Waals surface area contributed by atoms with E-state index in [2.05, 4.69) is 45.6 Å². The Balaban J connectivity index is 3.33. The van der Waals surface area contributed by atoms with Crippen LogP contribution in [0.4, 0.5) is 0 Å². The Morgan fingerprint density at radius 3 is 1.88 bits per heavy atom. The van der Waals surface area contributed by atoms with Crippen LogP contribution in [0.25, 0.3) is 0 Å². The highest BCUT2D eigenvalue weighted by atomic mass is 16.5. The van der Waals surface area contributed by atoms with Crippen molar-refractivity contribution >= 4 is 0 Å². The Hall–Kier alpha value is -1.26. The molecule has 0 atom stereocenters. The number of hydrogen-bond acceptors (Lipinski definition) is 1. The van der Waals surface area contributed by atoms with E-state index in [1.165, 1.54) is 22.3 Å². The van der Waals surface area contributed by atoms with Gasteiger partial charge in [0.15, 0.2) is 0 Å². The van der Waals surface area contributed by atoms with Crippen molar-refractivity contribution < 1.29 is 4.74 Å². The highest BCUT2D eigenvalue weighted by Gasteiger charge is 2.12. The molecule has 0 N–H and O–H groups in total. The average Bonchev–Trinajstić information content (AvgIpc) is 2.26. The molecule has 0 spiro atoms. The molecule has 1 heteroatoms. The molecule has 0 aliphatic rings. The Bertz CT molecular complexity index is 458. The van der Waals surface area contributed by atoms with Gasteiger partial charge in [0, 0.05) is 12.7 Å². The van der Waals surface area contributed by atoms with Crippen molar-refractivity contribution in [3.63, 3.8) is 0 Å². The van der Waals surface area contributed by atoms with E-state index < -0.39 is 5.60 Å². The lowest BCUT2D eigenvalue weighted by molar-refractivity contribution is 0.0742. The number of aryl methyl sites for hydroxylation is 2. The molecule has 0 amide bonds. The average molecular weight is 230 g/mol. The van der Waals surface area contributed by atoms with Crippen LogP contribution in [0.15, 0.2) is 6.07 Å². The Morgan fingerprint density at radius 2 is 1.47 bits per heavy atom. The third-order valence-electron chi connectivity index (χ3n) is 3.36. The smallest absolute Gasteiger partial charge is 0.123 e. The lowest BCUT2D eigenvalue weighted by atomic mass is 9.94. The fourth-order valence-electron chi connectivity index (χ4n) is 1.67. The number of hydrogen-bond donors (Lipinski definition) is 0. The topological polar surface area (TPSA) is 9.23 Å². The molecule has 0 unspecified atom stereocenters. The molecule has 1 rings (SSSR count). The Morgan fingerprint density at radius 1 is 1.00 bits per heavy atom. The molecule has 0 aromatic heterocycles. The van der Waals surface area contributed by atoms with Gasteiger partial charge < -0.3 is 4.74 Å². The van der Waals surface area contributed by atoms with Gasteiger partial charge in [-0.05, 0) is 63.8 Å². The van der Waals surface area contributed by atoms with E-state index >= 15 is 0 Å². The van der Waals surface area contributed by atoms with Crippen LogP contribution in [0.5, 0.6) is 0 Å². The third kappa shape index (κ3) is 3.11. The molecule has 92 valence electrons. The van der Waals surface area contributed by atoms with Gasteiger partial charge in [-0.2, -0.15) is 0 Å². The van der Waals surface area contributed by atoms with Crippen molar-refractivity contribution in [2.24, 2.45) is 0 Å². The zero-order valence-electron chi connectivity index (χ0n) is 12.0. The highest BCUT2D eigenvalue weighted by molar-refractivity contribution is 5.53. The van der Waals surface area contributed by atoms with E-state index in [0.29, 0.717) is 0 Å². The second-order valence-electron chi connectivity index (χ2n) is 5.10. The highest BCUT2D eigenvalue weighted by Crippen LogP contribution is 2.21. The number of methoxy groups -OCH3 is 1. The molecule has 0 aliphatic carbocycles.